The number of anilines is 3. The summed E-state index contributed by atoms with van der Waals surface area (Å²) >= 11 is 1.67. The number of aryl methyl sites for hydroxylation is 2. The van der Waals surface area contributed by atoms with E-state index in [1.54, 1.807) is 11.3 Å². The van der Waals surface area contributed by atoms with Crippen molar-refractivity contribution < 1.29 is 0 Å². The van der Waals surface area contributed by atoms with Crippen molar-refractivity contribution in [2.24, 2.45) is 0 Å². The van der Waals surface area contributed by atoms with E-state index in [4.69, 9.17) is 4.98 Å². The lowest BCUT2D eigenvalue weighted by molar-refractivity contribution is 0.312. The number of fused-ring (bicyclic) bond motifs is 1. The zero-order valence-electron chi connectivity index (χ0n) is 15.5. The molecule has 136 valence electrons. The Morgan fingerprint density at radius 3 is 2.65 bits per heavy atom. The first-order valence-corrected chi connectivity index (χ1v) is 9.88. The molecule has 1 fully saturated rings. The minimum absolute atomic E-state index is 0.776. The number of benzene rings is 1. The molecule has 1 N–H and O–H groups in total. The van der Waals surface area contributed by atoms with Crippen LogP contribution in [0.15, 0.2) is 24.3 Å². The summed E-state index contributed by atoms with van der Waals surface area (Å²) in [7, 11) is 2.16. The van der Waals surface area contributed by atoms with Crippen LogP contribution >= 0.6 is 11.3 Å². The third-order valence-corrected chi connectivity index (χ3v) is 5.68. The summed E-state index contributed by atoms with van der Waals surface area (Å²) in [5.74, 6) is 2.57. The van der Waals surface area contributed by atoms with Crippen molar-refractivity contribution in [3.8, 4) is 0 Å². The first kappa shape index (κ1) is 17.2. The van der Waals surface area contributed by atoms with E-state index in [0.29, 0.717) is 0 Å². The van der Waals surface area contributed by atoms with Gasteiger partial charge in [0.2, 0.25) is 0 Å². The van der Waals surface area contributed by atoms with Crippen molar-refractivity contribution >= 4 is 38.3 Å². The van der Waals surface area contributed by atoms with E-state index in [9.17, 15) is 0 Å². The van der Waals surface area contributed by atoms with Crippen LogP contribution in [0.5, 0.6) is 0 Å². The highest BCUT2D eigenvalue weighted by molar-refractivity contribution is 7.22. The number of thiazole rings is 1. The molecule has 0 radical (unpaired) electrons. The molecular formula is C19H24N6S. The standard InChI is InChI=1S/C19H24N6S/c1-4-14-5-6-15-16(11-14)26-19(22-15)23-17-12-18(21-13(2)20-17)25-9-7-24(3)8-10-25/h5-6,11-12H,4,7-10H2,1-3H3,(H,20,21,22,23). The lowest BCUT2D eigenvalue weighted by Gasteiger charge is -2.33. The zero-order valence-corrected chi connectivity index (χ0v) is 16.3. The number of hydrogen-bond donors (Lipinski definition) is 1. The van der Waals surface area contributed by atoms with Crippen molar-refractivity contribution in [3.05, 3.63) is 35.7 Å². The molecule has 4 rings (SSSR count). The predicted octanol–water partition coefficient (Wildman–Crippen LogP) is 3.45. The molecule has 0 atom stereocenters. The Bertz CT molecular complexity index is 914. The maximum Gasteiger partial charge on any atom is 0.189 e. The summed E-state index contributed by atoms with van der Waals surface area (Å²) in [6, 6.07) is 8.49. The Labute approximate surface area is 157 Å². The molecule has 3 aromatic rings. The largest absolute Gasteiger partial charge is 0.354 e. The van der Waals surface area contributed by atoms with Crippen LogP contribution in [-0.2, 0) is 6.42 Å². The molecule has 0 aliphatic carbocycles. The van der Waals surface area contributed by atoms with Crippen LogP contribution in [0, 0.1) is 6.92 Å². The monoisotopic (exact) mass is 368 g/mol. The molecule has 0 bridgehead atoms. The minimum Gasteiger partial charge on any atom is -0.354 e. The van der Waals surface area contributed by atoms with E-state index in [-0.39, 0.29) is 0 Å². The minimum atomic E-state index is 0.776. The molecule has 1 saturated heterocycles. The molecular weight excluding hydrogens is 344 g/mol. The molecule has 1 aromatic carbocycles. The molecule has 1 aliphatic heterocycles. The van der Waals surface area contributed by atoms with Gasteiger partial charge in [-0.05, 0) is 38.1 Å². The highest BCUT2D eigenvalue weighted by Crippen LogP contribution is 2.29. The molecule has 2 aromatic heterocycles. The topological polar surface area (TPSA) is 57.2 Å². The summed E-state index contributed by atoms with van der Waals surface area (Å²) in [4.78, 5) is 18.5. The van der Waals surface area contributed by atoms with Crippen LogP contribution in [0.25, 0.3) is 10.2 Å². The van der Waals surface area contributed by atoms with Crippen molar-refractivity contribution in [2.75, 3.05) is 43.4 Å². The van der Waals surface area contributed by atoms with Crippen LogP contribution in [0.2, 0.25) is 0 Å². The van der Waals surface area contributed by atoms with Gasteiger partial charge in [0, 0.05) is 32.2 Å². The van der Waals surface area contributed by atoms with Gasteiger partial charge in [-0.3, -0.25) is 0 Å². The molecule has 7 heteroatoms. The van der Waals surface area contributed by atoms with Crippen LogP contribution in [0.3, 0.4) is 0 Å². The number of likely N-dealkylation sites (N-methyl/N-ethyl adjacent to an activating group) is 1. The third kappa shape index (κ3) is 3.64. The number of aromatic nitrogens is 3. The molecule has 0 amide bonds. The third-order valence-electron chi connectivity index (χ3n) is 4.75. The SMILES string of the molecule is CCc1ccc2nc(Nc3cc(N4CCN(C)CC4)nc(C)n3)sc2c1. The fourth-order valence-electron chi connectivity index (χ4n) is 3.17. The first-order chi connectivity index (χ1) is 12.6. The highest BCUT2D eigenvalue weighted by atomic mass is 32.1. The smallest absolute Gasteiger partial charge is 0.189 e. The number of hydrogen-bond acceptors (Lipinski definition) is 7. The van der Waals surface area contributed by atoms with E-state index in [1.165, 1.54) is 10.3 Å². The molecule has 0 saturated carbocycles. The van der Waals surface area contributed by atoms with Crippen molar-refractivity contribution in [1.29, 1.82) is 0 Å². The number of nitrogens with one attached hydrogen (secondary N) is 1. The van der Waals surface area contributed by atoms with E-state index in [2.05, 4.69) is 57.3 Å². The summed E-state index contributed by atoms with van der Waals surface area (Å²) in [6.45, 7) is 8.22. The Kier molecular flexibility index (Phi) is 4.74. The van der Waals surface area contributed by atoms with Crippen molar-refractivity contribution in [2.45, 2.75) is 20.3 Å². The fraction of sp³-hybridized carbons (Fsp3) is 0.421. The highest BCUT2D eigenvalue weighted by Gasteiger charge is 2.17. The summed E-state index contributed by atoms with van der Waals surface area (Å²) in [6.07, 6.45) is 1.04. The Morgan fingerprint density at radius 1 is 1.08 bits per heavy atom. The molecule has 3 heterocycles. The zero-order chi connectivity index (χ0) is 18.1. The number of nitrogens with zero attached hydrogens (tertiary/aromatic N) is 5. The van der Waals surface area contributed by atoms with Crippen LogP contribution in [-0.4, -0.2) is 53.1 Å². The second kappa shape index (κ2) is 7.17. The van der Waals surface area contributed by atoms with Crippen LogP contribution in [0.4, 0.5) is 16.8 Å². The number of rotatable bonds is 4. The van der Waals surface area contributed by atoms with Gasteiger partial charge in [-0.15, -0.1) is 0 Å². The van der Waals surface area contributed by atoms with Gasteiger partial charge in [0.05, 0.1) is 10.2 Å². The average Bonchev–Trinajstić information content (AvgIpc) is 3.03. The maximum atomic E-state index is 4.69. The normalized spacial score (nSPS) is 15.6. The van der Waals surface area contributed by atoms with E-state index >= 15 is 0 Å². The summed E-state index contributed by atoms with van der Waals surface area (Å²) in [5.41, 5.74) is 2.36. The summed E-state index contributed by atoms with van der Waals surface area (Å²) < 4.78 is 1.21. The lowest BCUT2D eigenvalue weighted by Crippen LogP contribution is -2.44. The van der Waals surface area contributed by atoms with Gasteiger partial charge in [0.15, 0.2) is 5.13 Å². The number of piperazine rings is 1. The average molecular weight is 369 g/mol. The van der Waals surface area contributed by atoms with Gasteiger partial charge >= 0.3 is 0 Å². The van der Waals surface area contributed by atoms with E-state index in [0.717, 1.165) is 60.7 Å². The molecule has 6 nitrogen and oxygen atoms in total. The lowest BCUT2D eigenvalue weighted by atomic mass is 10.2. The summed E-state index contributed by atoms with van der Waals surface area (Å²) in [5, 5.41) is 4.25. The van der Waals surface area contributed by atoms with E-state index < -0.39 is 0 Å². The van der Waals surface area contributed by atoms with Crippen molar-refractivity contribution in [3.63, 3.8) is 0 Å². The Morgan fingerprint density at radius 2 is 1.88 bits per heavy atom. The fourth-order valence-corrected chi connectivity index (χ4v) is 4.10. The first-order valence-electron chi connectivity index (χ1n) is 9.06. The second-order valence-corrected chi connectivity index (χ2v) is 7.78. The van der Waals surface area contributed by atoms with Gasteiger partial charge < -0.3 is 15.1 Å². The molecule has 0 spiro atoms. The Hall–Kier alpha value is -2.25. The van der Waals surface area contributed by atoms with Gasteiger partial charge in [0.1, 0.15) is 17.5 Å². The predicted molar refractivity (Wildman–Crippen MR) is 109 cm³/mol. The van der Waals surface area contributed by atoms with E-state index in [1.807, 2.05) is 13.0 Å². The van der Waals surface area contributed by atoms with Gasteiger partial charge in [0.25, 0.3) is 0 Å². The Balaban J connectivity index is 1.58. The van der Waals surface area contributed by atoms with Gasteiger partial charge in [-0.2, -0.15) is 0 Å². The second-order valence-electron chi connectivity index (χ2n) is 6.75. The molecule has 1 aliphatic rings. The van der Waals surface area contributed by atoms with Gasteiger partial charge in [-0.1, -0.05) is 24.3 Å². The quantitative estimate of drug-likeness (QED) is 0.761. The molecule has 26 heavy (non-hydrogen) atoms. The van der Waals surface area contributed by atoms with Crippen LogP contribution < -0.4 is 10.2 Å². The molecule has 0 unspecified atom stereocenters. The van der Waals surface area contributed by atoms with Crippen LogP contribution in [0.1, 0.15) is 18.3 Å². The maximum absolute atomic E-state index is 4.69. The van der Waals surface area contributed by atoms with Crippen molar-refractivity contribution in [1.82, 2.24) is 19.9 Å². The van der Waals surface area contributed by atoms with Gasteiger partial charge in [-0.25, -0.2) is 15.0 Å².